The normalized spacial score (nSPS) is 18.4. The minimum atomic E-state index is -2.88. The molecule has 3 rings (SSSR count). The zero-order valence-electron chi connectivity index (χ0n) is 20.0. The molecule has 0 aromatic heterocycles. The summed E-state index contributed by atoms with van der Waals surface area (Å²) in [5, 5.41) is 9.96. The van der Waals surface area contributed by atoms with Crippen molar-refractivity contribution in [1.29, 1.82) is 0 Å². The Balaban J connectivity index is 2.06. The molecule has 0 saturated carbocycles. The highest BCUT2D eigenvalue weighted by molar-refractivity contribution is 5.79. The van der Waals surface area contributed by atoms with E-state index in [9.17, 15) is 8.78 Å². The lowest BCUT2D eigenvalue weighted by atomic mass is 9.78. The van der Waals surface area contributed by atoms with E-state index in [1.165, 1.54) is 12.1 Å². The van der Waals surface area contributed by atoms with E-state index in [1.54, 1.807) is 18.3 Å². The van der Waals surface area contributed by atoms with E-state index in [2.05, 4.69) is 60.1 Å². The Hall–Kier alpha value is -3.78. The van der Waals surface area contributed by atoms with Crippen molar-refractivity contribution in [2.75, 3.05) is 5.32 Å². The van der Waals surface area contributed by atoms with Gasteiger partial charge in [0.25, 0.3) is 5.92 Å². The largest absolute Gasteiger partial charge is 0.375 e. The number of halogens is 2. The number of alkyl halides is 2. The van der Waals surface area contributed by atoms with Crippen LogP contribution in [0.3, 0.4) is 0 Å². The van der Waals surface area contributed by atoms with Gasteiger partial charge in [-0.15, -0.1) is 11.5 Å². The van der Waals surface area contributed by atoms with Gasteiger partial charge in [0.2, 0.25) is 0 Å². The van der Waals surface area contributed by atoms with E-state index in [1.807, 2.05) is 25.3 Å². The summed E-state index contributed by atoms with van der Waals surface area (Å²) in [6.45, 7) is 16.6. The van der Waals surface area contributed by atoms with Crippen LogP contribution in [0.1, 0.15) is 50.3 Å². The van der Waals surface area contributed by atoms with E-state index >= 15 is 0 Å². The van der Waals surface area contributed by atoms with Crippen LogP contribution in [0.15, 0.2) is 97.3 Å². The van der Waals surface area contributed by atoms with Crippen LogP contribution < -0.4 is 16.0 Å². The number of piperidine rings is 1. The van der Waals surface area contributed by atoms with Gasteiger partial charge >= 0.3 is 0 Å². The average molecular weight is 460 g/mol. The Morgan fingerprint density at radius 2 is 1.85 bits per heavy atom. The second-order valence-electron chi connectivity index (χ2n) is 8.70. The molecule has 3 N–H and O–H groups in total. The Bertz CT molecular complexity index is 1200. The molecule has 3 nitrogen and oxygen atoms in total. The Morgan fingerprint density at radius 1 is 1.15 bits per heavy atom. The summed E-state index contributed by atoms with van der Waals surface area (Å²) in [6, 6.07) is 12.4. The molecule has 0 spiro atoms. The first-order valence-corrected chi connectivity index (χ1v) is 11.1. The summed E-state index contributed by atoms with van der Waals surface area (Å²) in [5.41, 5.74) is 11.9. The van der Waals surface area contributed by atoms with Crippen molar-refractivity contribution >= 4 is 16.9 Å². The molecule has 0 radical (unpaired) electrons. The predicted octanol–water partition coefficient (Wildman–Crippen LogP) is 7.61. The summed E-state index contributed by atoms with van der Waals surface area (Å²) in [7, 11) is 0. The number of anilines is 2. The highest BCUT2D eigenvalue weighted by Crippen LogP contribution is 2.39. The van der Waals surface area contributed by atoms with Gasteiger partial charge in [0, 0.05) is 53.1 Å². The minimum Gasteiger partial charge on any atom is -0.375 e. The van der Waals surface area contributed by atoms with Crippen molar-refractivity contribution in [3.8, 4) is 0 Å². The number of benzene rings is 2. The van der Waals surface area contributed by atoms with Crippen molar-refractivity contribution in [3.63, 3.8) is 0 Å². The fraction of sp³-hybridized carbons (Fsp3) is 0.241. The third-order valence-electron chi connectivity index (χ3n) is 6.10. The molecule has 1 aliphatic heterocycles. The quantitative estimate of drug-likeness (QED) is 0.373. The van der Waals surface area contributed by atoms with Gasteiger partial charge in [-0.1, -0.05) is 37.9 Å². The summed E-state index contributed by atoms with van der Waals surface area (Å²) >= 11 is 0. The van der Waals surface area contributed by atoms with Gasteiger partial charge in [0.15, 0.2) is 0 Å². The number of hydrogen-bond donors (Lipinski definition) is 3. The Labute approximate surface area is 201 Å². The second kappa shape index (κ2) is 10.0. The second-order valence-corrected chi connectivity index (χ2v) is 8.70. The molecule has 2 aromatic rings. The smallest absolute Gasteiger partial charge is 0.270 e. The standard InChI is InChI=1S/C29H31F2N3/c1-7-17-32-19-20(3)26-18-24(28(5)22(8-2)10-9-21(4)34-28)13-16-27(26)33-25-14-11-23(12-15-25)29(6,30)31/h11-19,32-34H,1-2,4,9-10H2,3,5-6H3/b20-19+. The molecule has 0 aliphatic carbocycles. The number of nitrogens with one attached hydrogen (secondary N) is 3. The van der Waals surface area contributed by atoms with Crippen LogP contribution in [-0.4, -0.2) is 0 Å². The van der Waals surface area contributed by atoms with Crippen LogP contribution in [0.4, 0.5) is 20.2 Å². The summed E-state index contributed by atoms with van der Waals surface area (Å²) < 4.78 is 27.2. The van der Waals surface area contributed by atoms with Gasteiger partial charge in [-0.3, -0.25) is 0 Å². The number of hydrogen-bond acceptors (Lipinski definition) is 3. The average Bonchev–Trinajstić information content (AvgIpc) is 2.79. The van der Waals surface area contributed by atoms with Crippen molar-refractivity contribution < 1.29 is 8.78 Å². The molecule has 0 bridgehead atoms. The molecule has 1 unspecified atom stereocenters. The maximum absolute atomic E-state index is 13.6. The van der Waals surface area contributed by atoms with E-state index in [0.717, 1.165) is 59.1 Å². The molecule has 1 heterocycles. The third kappa shape index (κ3) is 5.40. The fourth-order valence-electron chi connectivity index (χ4n) is 4.12. The lowest BCUT2D eigenvalue weighted by molar-refractivity contribution is 0.0175. The van der Waals surface area contributed by atoms with Crippen LogP contribution in [0.25, 0.3) is 5.57 Å². The summed E-state index contributed by atoms with van der Waals surface area (Å²) in [4.78, 5) is 0. The topological polar surface area (TPSA) is 36.1 Å². The van der Waals surface area contributed by atoms with Crippen molar-refractivity contribution in [3.05, 3.63) is 114 Å². The maximum Gasteiger partial charge on any atom is 0.270 e. The Morgan fingerprint density at radius 3 is 2.47 bits per heavy atom. The molecule has 1 atom stereocenters. The molecule has 176 valence electrons. The maximum atomic E-state index is 13.6. The molecule has 2 aromatic carbocycles. The Kier molecular flexibility index (Phi) is 7.32. The van der Waals surface area contributed by atoms with Crippen LogP contribution in [0.2, 0.25) is 0 Å². The van der Waals surface area contributed by atoms with Gasteiger partial charge in [-0.05, 0) is 62.1 Å². The fourth-order valence-corrected chi connectivity index (χ4v) is 4.12. The van der Waals surface area contributed by atoms with E-state index < -0.39 is 11.5 Å². The molecule has 1 aliphatic rings. The molecule has 0 amide bonds. The van der Waals surface area contributed by atoms with Crippen LogP contribution in [-0.2, 0) is 11.5 Å². The third-order valence-corrected chi connectivity index (χ3v) is 6.10. The highest BCUT2D eigenvalue weighted by Gasteiger charge is 2.35. The minimum absolute atomic E-state index is 0.0228. The zero-order chi connectivity index (χ0) is 24.9. The predicted molar refractivity (Wildman–Crippen MR) is 138 cm³/mol. The molecule has 5 heteroatoms. The molecular weight excluding hydrogens is 428 g/mol. The van der Waals surface area contributed by atoms with Crippen molar-refractivity contribution in [1.82, 2.24) is 10.6 Å². The van der Waals surface area contributed by atoms with Crippen LogP contribution in [0.5, 0.6) is 0 Å². The van der Waals surface area contributed by atoms with Gasteiger partial charge in [-0.25, -0.2) is 8.78 Å². The monoisotopic (exact) mass is 459 g/mol. The number of rotatable bonds is 7. The van der Waals surface area contributed by atoms with Gasteiger partial charge < -0.3 is 16.0 Å². The first-order valence-electron chi connectivity index (χ1n) is 11.1. The number of allylic oxidation sites excluding steroid dienone is 2. The van der Waals surface area contributed by atoms with Gasteiger partial charge in [-0.2, -0.15) is 0 Å². The lowest BCUT2D eigenvalue weighted by Gasteiger charge is -2.39. The van der Waals surface area contributed by atoms with E-state index in [-0.39, 0.29) is 5.56 Å². The first-order chi connectivity index (χ1) is 16.1. The molecular formula is C29H31F2N3. The molecule has 34 heavy (non-hydrogen) atoms. The van der Waals surface area contributed by atoms with E-state index in [0.29, 0.717) is 0 Å². The van der Waals surface area contributed by atoms with Crippen LogP contribution >= 0.6 is 0 Å². The zero-order valence-corrected chi connectivity index (χ0v) is 20.0. The van der Waals surface area contributed by atoms with Gasteiger partial charge in [0.05, 0.1) is 5.54 Å². The van der Waals surface area contributed by atoms with Crippen molar-refractivity contribution in [2.45, 2.75) is 45.1 Å². The highest BCUT2D eigenvalue weighted by atomic mass is 19.3. The van der Waals surface area contributed by atoms with Gasteiger partial charge in [0.1, 0.15) is 0 Å². The molecule has 1 fully saturated rings. The first kappa shape index (κ1) is 24.9. The summed E-state index contributed by atoms with van der Waals surface area (Å²) in [6.07, 6.45) is 5.18. The molecule has 1 saturated heterocycles. The van der Waals surface area contributed by atoms with Crippen molar-refractivity contribution in [2.24, 2.45) is 0 Å². The summed E-state index contributed by atoms with van der Waals surface area (Å²) in [5.74, 6) is -2.88. The lowest BCUT2D eigenvalue weighted by Crippen LogP contribution is -2.43. The SMILES string of the molecule is C=C=CN/C=C(\C)c1cc(C2(C)NC(=C)CCC2=C=C)ccc1Nc1ccc(C(C)(F)F)cc1. The van der Waals surface area contributed by atoms with Crippen LogP contribution in [0, 0.1) is 0 Å². The van der Waals surface area contributed by atoms with E-state index in [4.69, 9.17) is 0 Å².